The molecule has 33 heavy (non-hydrogen) atoms. The molecule has 0 saturated heterocycles. The maximum atomic E-state index is 13.0. The van der Waals surface area contributed by atoms with Gasteiger partial charge >= 0.3 is 0 Å². The van der Waals surface area contributed by atoms with Crippen LogP contribution in [0.1, 0.15) is 12.5 Å². The number of methoxy groups -OCH3 is 1. The molecule has 0 spiro atoms. The minimum absolute atomic E-state index is 0.0471. The van der Waals surface area contributed by atoms with Crippen LogP contribution >= 0.6 is 0 Å². The SMILES string of the molecule is COc1ccccc1NS(=O)(=O)c1cccc(NS(=O)(=O)c2cc(NC(C)=O)ccc2C)c1. The number of benzene rings is 3. The van der Waals surface area contributed by atoms with E-state index in [9.17, 15) is 21.6 Å². The molecule has 0 heterocycles. The van der Waals surface area contributed by atoms with Gasteiger partial charge in [-0.2, -0.15) is 0 Å². The Kier molecular flexibility index (Phi) is 6.94. The van der Waals surface area contributed by atoms with Crippen LogP contribution in [0.25, 0.3) is 0 Å². The molecule has 0 fully saturated rings. The lowest BCUT2D eigenvalue weighted by atomic mass is 10.2. The Morgan fingerprint density at radius 1 is 0.818 bits per heavy atom. The number of hydrogen-bond donors (Lipinski definition) is 3. The highest BCUT2D eigenvalue weighted by atomic mass is 32.2. The molecule has 0 aliphatic carbocycles. The lowest BCUT2D eigenvalue weighted by Crippen LogP contribution is -2.17. The van der Waals surface area contributed by atoms with Gasteiger partial charge in [-0.15, -0.1) is 0 Å². The summed E-state index contributed by atoms with van der Waals surface area (Å²) >= 11 is 0. The van der Waals surface area contributed by atoms with Gasteiger partial charge in [-0.25, -0.2) is 16.8 Å². The van der Waals surface area contributed by atoms with Gasteiger partial charge in [-0.1, -0.05) is 24.3 Å². The summed E-state index contributed by atoms with van der Waals surface area (Å²) in [5.74, 6) is 0.00285. The van der Waals surface area contributed by atoms with Crippen LogP contribution in [-0.4, -0.2) is 29.9 Å². The van der Waals surface area contributed by atoms with E-state index in [0.717, 1.165) is 0 Å². The Morgan fingerprint density at radius 2 is 1.55 bits per heavy atom. The highest BCUT2D eigenvalue weighted by Gasteiger charge is 2.21. The predicted octanol–water partition coefficient (Wildman–Crippen LogP) is 3.56. The Bertz CT molecular complexity index is 1400. The minimum atomic E-state index is -4.07. The molecule has 0 unspecified atom stereocenters. The standard InChI is InChI=1S/C22H23N3O6S2/c1-15-11-12-17(23-16(2)26)14-22(15)33(29,30)24-18-7-6-8-19(13-18)32(27,28)25-20-9-4-5-10-21(20)31-3/h4-14,24-25H,1-3H3,(H,23,26). The molecule has 0 bridgehead atoms. The van der Waals surface area contributed by atoms with Gasteiger partial charge in [0.2, 0.25) is 5.91 Å². The van der Waals surface area contributed by atoms with E-state index in [4.69, 9.17) is 4.74 Å². The van der Waals surface area contributed by atoms with Gasteiger partial charge in [-0.3, -0.25) is 14.2 Å². The van der Waals surface area contributed by atoms with Crippen molar-refractivity contribution in [1.29, 1.82) is 0 Å². The topological polar surface area (TPSA) is 131 Å². The number of ether oxygens (including phenoxy) is 1. The van der Waals surface area contributed by atoms with Crippen molar-refractivity contribution >= 4 is 43.0 Å². The van der Waals surface area contributed by atoms with Crippen LogP contribution in [-0.2, 0) is 24.8 Å². The van der Waals surface area contributed by atoms with Crippen molar-refractivity contribution in [2.45, 2.75) is 23.6 Å². The lowest BCUT2D eigenvalue weighted by Gasteiger charge is -2.14. The van der Waals surface area contributed by atoms with Crippen molar-refractivity contribution in [2.75, 3.05) is 21.9 Å². The Labute approximate surface area is 192 Å². The van der Waals surface area contributed by atoms with Gasteiger partial charge < -0.3 is 10.1 Å². The molecule has 3 N–H and O–H groups in total. The fourth-order valence-corrected chi connectivity index (χ4v) is 5.48. The number of rotatable bonds is 8. The smallest absolute Gasteiger partial charge is 0.262 e. The number of anilines is 3. The predicted molar refractivity (Wildman–Crippen MR) is 127 cm³/mol. The van der Waals surface area contributed by atoms with Gasteiger partial charge in [0.05, 0.1) is 28.3 Å². The summed E-state index contributed by atoms with van der Waals surface area (Å²) in [6.45, 7) is 2.93. The number of carbonyl (C=O) groups is 1. The molecule has 9 nitrogen and oxygen atoms in total. The second-order valence-electron chi connectivity index (χ2n) is 7.10. The average Bonchev–Trinajstić information content (AvgIpc) is 2.74. The molecule has 11 heteroatoms. The number of para-hydroxylation sites is 2. The van der Waals surface area contributed by atoms with Crippen LogP contribution < -0.4 is 19.5 Å². The molecular weight excluding hydrogens is 466 g/mol. The third-order valence-electron chi connectivity index (χ3n) is 4.55. The van der Waals surface area contributed by atoms with Gasteiger partial charge in [-0.05, 0) is 55.0 Å². The van der Waals surface area contributed by atoms with Crippen molar-refractivity contribution in [1.82, 2.24) is 0 Å². The third-order valence-corrected chi connectivity index (χ3v) is 7.43. The first-order chi connectivity index (χ1) is 15.5. The molecule has 3 aromatic rings. The van der Waals surface area contributed by atoms with E-state index in [1.165, 1.54) is 44.4 Å². The molecule has 174 valence electrons. The van der Waals surface area contributed by atoms with E-state index in [1.54, 1.807) is 43.3 Å². The largest absolute Gasteiger partial charge is 0.495 e. The molecular formula is C22H23N3O6S2. The summed E-state index contributed by atoms with van der Waals surface area (Å²) in [5, 5.41) is 2.54. The molecule has 0 aliphatic rings. The molecule has 0 saturated carbocycles. The molecule has 0 aliphatic heterocycles. The maximum absolute atomic E-state index is 13.0. The Hall–Kier alpha value is -3.57. The van der Waals surface area contributed by atoms with Crippen molar-refractivity contribution in [3.05, 3.63) is 72.3 Å². The number of nitrogens with one attached hydrogen (secondary N) is 3. The zero-order valence-corrected chi connectivity index (χ0v) is 19.7. The van der Waals surface area contributed by atoms with Crippen LogP contribution in [0.15, 0.2) is 76.5 Å². The average molecular weight is 490 g/mol. The Morgan fingerprint density at radius 3 is 2.24 bits per heavy atom. The van der Waals surface area contributed by atoms with E-state index >= 15 is 0 Å². The van der Waals surface area contributed by atoms with E-state index < -0.39 is 20.0 Å². The first-order valence-corrected chi connectivity index (χ1v) is 12.7. The fraction of sp³-hybridized carbons (Fsp3) is 0.136. The molecule has 0 radical (unpaired) electrons. The molecule has 3 rings (SSSR count). The highest BCUT2D eigenvalue weighted by molar-refractivity contribution is 7.93. The monoisotopic (exact) mass is 489 g/mol. The van der Waals surface area contributed by atoms with Crippen molar-refractivity contribution in [2.24, 2.45) is 0 Å². The first-order valence-electron chi connectivity index (χ1n) is 9.69. The number of hydrogen-bond acceptors (Lipinski definition) is 6. The van der Waals surface area contributed by atoms with Crippen molar-refractivity contribution < 1.29 is 26.4 Å². The van der Waals surface area contributed by atoms with Gasteiger partial charge in [0.25, 0.3) is 20.0 Å². The van der Waals surface area contributed by atoms with Crippen LogP contribution in [0.2, 0.25) is 0 Å². The minimum Gasteiger partial charge on any atom is -0.495 e. The van der Waals surface area contributed by atoms with Crippen LogP contribution in [0, 0.1) is 6.92 Å². The zero-order valence-electron chi connectivity index (χ0n) is 18.1. The molecule has 1 amide bonds. The summed E-state index contributed by atoms with van der Waals surface area (Å²) in [6.07, 6.45) is 0. The van der Waals surface area contributed by atoms with Crippen molar-refractivity contribution in [3.63, 3.8) is 0 Å². The normalized spacial score (nSPS) is 11.5. The van der Waals surface area contributed by atoms with Crippen LogP contribution in [0.4, 0.5) is 17.1 Å². The van der Waals surface area contributed by atoms with Gasteiger partial charge in [0.15, 0.2) is 0 Å². The summed E-state index contributed by atoms with van der Waals surface area (Å²) in [5.41, 5.74) is 1.09. The second-order valence-corrected chi connectivity index (χ2v) is 10.4. The summed E-state index contributed by atoms with van der Waals surface area (Å²) in [6, 6.07) is 16.4. The fourth-order valence-electron chi connectivity index (χ4n) is 3.04. The lowest BCUT2D eigenvalue weighted by molar-refractivity contribution is -0.114. The van der Waals surface area contributed by atoms with Crippen LogP contribution in [0.3, 0.4) is 0 Å². The quantitative estimate of drug-likeness (QED) is 0.443. The summed E-state index contributed by atoms with van der Waals surface area (Å²) in [4.78, 5) is 11.1. The number of aryl methyl sites for hydroxylation is 1. The van der Waals surface area contributed by atoms with E-state index in [2.05, 4.69) is 14.8 Å². The van der Waals surface area contributed by atoms with E-state index in [-0.39, 0.29) is 27.1 Å². The Balaban J connectivity index is 1.90. The summed E-state index contributed by atoms with van der Waals surface area (Å²) in [7, 11) is -6.68. The van der Waals surface area contributed by atoms with Gasteiger partial charge in [0.1, 0.15) is 5.75 Å². The maximum Gasteiger partial charge on any atom is 0.262 e. The second kappa shape index (κ2) is 9.51. The van der Waals surface area contributed by atoms with Gasteiger partial charge in [0, 0.05) is 12.6 Å². The molecule has 0 aromatic heterocycles. The van der Waals surface area contributed by atoms with Crippen LogP contribution in [0.5, 0.6) is 5.75 Å². The van der Waals surface area contributed by atoms with E-state index in [1.807, 2.05) is 0 Å². The first kappa shape index (κ1) is 24.1. The summed E-state index contributed by atoms with van der Waals surface area (Å²) < 4.78 is 61.7. The third kappa shape index (κ3) is 5.82. The highest BCUT2D eigenvalue weighted by Crippen LogP contribution is 2.28. The van der Waals surface area contributed by atoms with Crippen molar-refractivity contribution in [3.8, 4) is 5.75 Å². The zero-order chi connectivity index (χ0) is 24.2. The number of amides is 1. The number of sulfonamides is 2. The number of carbonyl (C=O) groups excluding carboxylic acids is 1. The molecule has 0 atom stereocenters. The molecule has 3 aromatic carbocycles. The van der Waals surface area contributed by atoms with E-state index in [0.29, 0.717) is 17.0 Å².